The monoisotopic (exact) mass is 316 g/mol. The van der Waals surface area contributed by atoms with Crippen molar-refractivity contribution in [1.82, 2.24) is 15.1 Å². The van der Waals surface area contributed by atoms with Crippen LogP contribution in [0.25, 0.3) is 22.8 Å². The van der Waals surface area contributed by atoms with Gasteiger partial charge in [-0.15, -0.1) is 0 Å². The van der Waals surface area contributed by atoms with Crippen molar-refractivity contribution < 1.29 is 4.52 Å². The molecule has 1 aromatic carbocycles. The van der Waals surface area contributed by atoms with E-state index in [0.29, 0.717) is 17.4 Å². The second-order valence-electron chi connectivity index (χ2n) is 3.94. The standard InChI is InChI=1S/C13H9BrN4O/c14-10-5-9(6-16-7-10)12-17-13(19-18-12)8-1-3-11(15)4-2-8/h1-7H,15H2. The van der Waals surface area contributed by atoms with Gasteiger partial charge in [0.1, 0.15) is 0 Å². The van der Waals surface area contributed by atoms with Crippen LogP contribution in [0.5, 0.6) is 0 Å². The van der Waals surface area contributed by atoms with Gasteiger partial charge in [0, 0.05) is 33.7 Å². The second kappa shape index (κ2) is 4.81. The minimum Gasteiger partial charge on any atom is -0.399 e. The van der Waals surface area contributed by atoms with Gasteiger partial charge in [-0.3, -0.25) is 4.98 Å². The molecule has 0 unspecified atom stereocenters. The zero-order valence-corrected chi connectivity index (χ0v) is 11.3. The Morgan fingerprint density at radius 2 is 1.84 bits per heavy atom. The molecule has 3 rings (SSSR count). The first-order valence-corrected chi connectivity index (χ1v) is 6.32. The summed E-state index contributed by atoms with van der Waals surface area (Å²) in [5.74, 6) is 0.954. The molecule has 0 saturated carbocycles. The quantitative estimate of drug-likeness (QED) is 0.735. The summed E-state index contributed by atoms with van der Waals surface area (Å²) in [5.41, 5.74) is 7.95. The number of nitrogen functional groups attached to an aromatic ring is 1. The summed E-state index contributed by atoms with van der Waals surface area (Å²) < 4.78 is 6.10. The summed E-state index contributed by atoms with van der Waals surface area (Å²) in [6.45, 7) is 0. The van der Waals surface area contributed by atoms with Crippen LogP contribution in [0, 0.1) is 0 Å². The molecular formula is C13H9BrN4O. The van der Waals surface area contributed by atoms with Crippen molar-refractivity contribution in [3.63, 3.8) is 0 Å². The van der Waals surface area contributed by atoms with Crippen LogP contribution in [-0.4, -0.2) is 15.1 Å². The molecule has 0 aliphatic heterocycles. The number of nitrogens with two attached hydrogens (primary N) is 1. The molecule has 2 heterocycles. The maximum Gasteiger partial charge on any atom is 0.258 e. The predicted octanol–water partition coefficient (Wildman–Crippen LogP) is 3.14. The van der Waals surface area contributed by atoms with E-state index in [2.05, 4.69) is 31.1 Å². The smallest absolute Gasteiger partial charge is 0.258 e. The first kappa shape index (κ1) is 11.9. The maximum absolute atomic E-state index is 5.64. The fraction of sp³-hybridized carbons (Fsp3) is 0. The molecule has 0 atom stereocenters. The summed E-state index contributed by atoms with van der Waals surface area (Å²) in [5, 5.41) is 3.95. The van der Waals surface area contributed by atoms with E-state index in [1.807, 2.05) is 18.2 Å². The highest BCUT2D eigenvalue weighted by Crippen LogP contribution is 2.23. The Labute approximate surface area is 117 Å². The lowest BCUT2D eigenvalue weighted by atomic mass is 10.2. The normalized spacial score (nSPS) is 10.6. The topological polar surface area (TPSA) is 77.8 Å². The molecule has 0 saturated heterocycles. The first-order valence-electron chi connectivity index (χ1n) is 5.53. The van der Waals surface area contributed by atoms with E-state index in [4.69, 9.17) is 10.3 Å². The third-order valence-corrected chi connectivity index (χ3v) is 2.98. The van der Waals surface area contributed by atoms with Gasteiger partial charge in [-0.05, 0) is 46.3 Å². The molecule has 0 spiro atoms. The molecule has 6 heteroatoms. The number of benzene rings is 1. The van der Waals surface area contributed by atoms with Crippen LogP contribution in [0.2, 0.25) is 0 Å². The van der Waals surface area contributed by atoms with Crippen molar-refractivity contribution in [3.8, 4) is 22.8 Å². The fourth-order valence-corrected chi connectivity index (χ4v) is 1.98. The second-order valence-corrected chi connectivity index (χ2v) is 4.85. The van der Waals surface area contributed by atoms with Crippen LogP contribution < -0.4 is 5.73 Å². The van der Waals surface area contributed by atoms with Gasteiger partial charge in [-0.2, -0.15) is 4.98 Å². The Morgan fingerprint density at radius 1 is 1.05 bits per heavy atom. The van der Waals surface area contributed by atoms with Crippen LogP contribution in [0.3, 0.4) is 0 Å². The summed E-state index contributed by atoms with van der Waals surface area (Å²) in [4.78, 5) is 8.41. The van der Waals surface area contributed by atoms with Gasteiger partial charge in [0.05, 0.1) is 0 Å². The van der Waals surface area contributed by atoms with E-state index >= 15 is 0 Å². The van der Waals surface area contributed by atoms with Crippen molar-refractivity contribution in [1.29, 1.82) is 0 Å². The number of nitrogens with zero attached hydrogens (tertiary/aromatic N) is 3. The van der Waals surface area contributed by atoms with Gasteiger partial charge < -0.3 is 10.3 Å². The van der Waals surface area contributed by atoms with Crippen LogP contribution in [-0.2, 0) is 0 Å². The molecule has 0 amide bonds. The van der Waals surface area contributed by atoms with Crippen LogP contribution in [0.4, 0.5) is 5.69 Å². The van der Waals surface area contributed by atoms with E-state index in [0.717, 1.165) is 15.6 Å². The Bertz CT molecular complexity index is 709. The molecule has 2 N–H and O–H groups in total. The third kappa shape index (κ3) is 2.48. The highest BCUT2D eigenvalue weighted by molar-refractivity contribution is 9.10. The number of anilines is 1. The molecule has 3 aromatic rings. The molecular weight excluding hydrogens is 308 g/mol. The summed E-state index contributed by atoms with van der Waals surface area (Å²) >= 11 is 3.36. The lowest BCUT2D eigenvalue weighted by Gasteiger charge is -1.95. The number of aromatic nitrogens is 3. The molecule has 0 radical (unpaired) electrons. The average Bonchev–Trinajstić information content (AvgIpc) is 2.89. The Kier molecular flexibility index (Phi) is 3.00. The zero-order chi connectivity index (χ0) is 13.2. The molecule has 5 nitrogen and oxygen atoms in total. The lowest BCUT2D eigenvalue weighted by molar-refractivity contribution is 0.432. The van der Waals surface area contributed by atoms with Gasteiger partial charge in [-0.25, -0.2) is 0 Å². The largest absolute Gasteiger partial charge is 0.399 e. The van der Waals surface area contributed by atoms with Crippen molar-refractivity contribution in [2.24, 2.45) is 0 Å². The molecule has 0 aliphatic rings. The lowest BCUT2D eigenvalue weighted by Crippen LogP contribution is -1.85. The van der Waals surface area contributed by atoms with E-state index < -0.39 is 0 Å². The summed E-state index contributed by atoms with van der Waals surface area (Å²) in [7, 11) is 0. The van der Waals surface area contributed by atoms with Gasteiger partial charge >= 0.3 is 0 Å². The molecule has 19 heavy (non-hydrogen) atoms. The maximum atomic E-state index is 5.64. The van der Waals surface area contributed by atoms with Gasteiger partial charge in [0.25, 0.3) is 5.89 Å². The van der Waals surface area contributed by atoms with E-state index in [1.54, 1.807) is 24.5 Å². The van der Waals surface area contributed by atoms with Crippen molar-refractivity contribution in [2.45, 2.75) is 0 Å². The highest BCUT2D eigenvalue weighted by atomic mass is 79.9. The van der Waals surface area contributed by atoms with E-state index in [9.17, 15) is 0 Å². The number of rotatable bonds is 2. The number of hydrogen-bond acceptors (Lipinski definition) is 5. The number of hydrogen-bond donors (Lipinski definition) is 1. The SMILES string of the molecule is Nc1ccc(-c2nc(-c3cncc(Br)c3)no2)cc1. The van der Waals surface area contributed by atoms with Crippen LogP contribution in [0.15, 0.2) is 51.7 Å². The summed E-state index contributed by atoms with van der Waals surface area (Å²) in [6.07, 6.45) is 3.38. The first-order chi connectivity index (χ1) is 9.22. The van der Waals surface area contributed by atoms with Crippen LogP contribution in [0.1, 0.15) is 0 Å². The Balaban J connectivity index is 1.97. The van der Waals surface area contributed by atoms with Gasteiger partial charge in [0.2, 0.25) is 5.82 Å². The molecule has 0 aliphatic carbocycles. The van der Waals surface area contributed by atoms with Gasteiger partial charge in [0.15, 0.2) is 0 Å². The fourth-order valence-electron chi connectivity index (χ4n) is 1.62. The van der Waals surface area contributed by atoms with Crippen LogP contribution >= 0.6 is 15.9 Å². The average molecular weight is 317 g/mol. The third-order valence-electron chi connectivity index (χ3n) is 2.55. The highest BCUT2D eigenvalue weighted by Gasteiger charge is 2.10. The van der Waals surface area contributed by atoms with E-state index in [-0.39, 0.29) is 0 Å². The summed E-state index contributed by atoms with van der Waals surface area (Å²) in [6, 6.07) is 9.14. The number of pyridine rings is 1. The molecule has 94 valence electrons. The van der Waals surface area contributed by atoms with Crippen molar-refractivity contribution in [2.75, 3.05) is 5.73 Å². The minimum absolute atomic E-state index is 0.454. The zero-order valence-electron chi connectivity index (χ0n) is 9.75. The Morgan fingerprint density at radius 3 is 2.58 bits per heavy atom. The van der Waals surface area contributed by atoms with Gasteiger partial charge in [-0.1, -0.05) is 5.16 Å². The number of halogens is 1. The molecule has 0 bridgehead atoms. The van der Waals surface area contributed by atoms with E-state index in [1.165, 1.54) is 0 Å². The predicted molar refractivity (Wildman–Crippen MR) is 75.1 cm³/mol. The van der Waals surface area contributed by atoms with Crippen molar-refractivity contribution in [3.05, 3.63) is 47.2 Å². The molecule has 0 fully saturated rings. The minimum atomic E-state index is 0.454. The molecule has 2 aromatic heterocycles. The van der Waals surface area contributed by atoms with Crippen molar-refractivity contribution >= 4 is 21.6 Å². The Hall–Kier alpha value is -2.21.